The molecule has 0 aliphatic heterocycles. The third-order valence-electron chi connectivity index (χ3n) is 4.10. The van der Waals surface area contributed by atoms with Gasteiger partial charge in [-0.25, -0.2) is 4.98 Å². The molecular formula is C19H25N5O. The molecule has 0 aliphatic carbocycles. The van der Waals surface area contributed by atoms with E-state index in [1.807, 2.05) is 38.2 Å². The standard InChI is InChI=1S/C19H25N5O/c1-13(17-22-18(23-25-17)19(3,4)5)20-11-16-12-21-14(2)24(16)15-9-7-6-8-10-15/h6-10,12-13,20H,11H2,1-5H3. The van der Waals surface area contributed by atoms with Crippen molar-refractivity contribution in [1.29, 1.82) is 0 Å². The second kappa shape index (κ2) is 6.80. The molecule has 0 spiro atoms. The number of aromatic nitrogens is 4. The van der Waals surface area contributed by atoms with E-state index in [1.54, 1.807) is 0 Å². The largest absolute Gasteiger partial charge is 0.338 e. The molecule has 6 nitrogen and oxygen atoms in total. The molecule has 1 aromatic carbocycles. The second-order valence-electron chi connectivity index (χ2n) is 7.28. The van der Waals surface area contributed by atoms with E-state index in [0.29, 0.717) is 12.4 Å². The summed E-state index contributed by atoms with van der Waals surface area (Å²) >= 11 is 0. The molecule has 1 atom stereocenters. The second-order valence-corrected chi connectivity index (χ2v) is 7.28. The number of nitrogens with zero attached hydrogens (tertiary/aromatic N) is 4. The summed E-state index contributed by atoms with van der Waals surface area (Å²) in [5, 5.41) is 7.54. The van der Waals surface area contributed by atoms with Crippen molar-refractivity contribution < 1.29 is 4.52 Å². The van der Waals surface area contributed by atoms with E-state index in [2.05, 4.69) is 57.9 Å². The lowest BCUT2D eigenvalue weighted by Crippen LogP contribution is -2.21. The number of hydrogen-bond donors (Lipinski definition) is 1. The molecule has 0 amide bonds. The first kappa shape index (κ1) is 17.4. The summed E-state index contributed by atoms with van der Waals surface area (Å²) in [6, 6.07) is 10.2. The Bertz CT molecular complexity index is 829. The molecule has 3 rings (SSSR count). The summed E-state index contributed by atoms with van der Waals surface area (Å²) < 4.78 is 7.56. The molecule has 0 saturated heterocycles. The average molecular weight is 339 g/mol. The van der Waals surface area contributed by atoms with E-state index in [-0.39, 0.29) is 11.5 Å². The zero-order chi connectivity index (χ0) is 18.0. The number of hydrogen-bond acceptors (Lipinski definition) is 5. The summed E-state index contributed by atoms with van der Waals surface area (Å²) in [6.45, 7) is 10.9. The van der Waals surface area contributed by atoms with Crippen LogP contribution >= 0.6 is 0 Å². The Morgan fingerprint density at radius 2 is 1.92 bits per heavy atom. The van der Waals surface area contributed by atoms with Gasteiger partial charge in [-0.2, -0.15) is 4.98 Å². The highest BCUT2D eigenvalue weighted by atomic mass is 16.5. The molecule has 25 heavy (non-hydrogen) atoms. The van der Waals surface area contributed by atoms with E-state index in [9.17, 15) is 0 Å². The molecule has 3 aromatic rings. The molecule has 1 unspecified atom stereocenters. The molecule has 0 saturated carbocycles. The van der Waals surface area contributed by atoms with Gasteiger partial charge in [0.1, 0.15) is 5.82 Å². The maximum absolute atomic E-state index is 5.42. The van der Waals surface area contributed by atoms with Crippen LogP contribution in [0.25, 0.3) is 5.69 Å². The molecule has 1 N–H and O–H groups in total. The molecule has 0 radical (unpaired) electrons. The van der Waals surface area contributed by atoms with Crippen LogP contribution in [0.1, 0.15) is 57.0 Å². The Balaban J connectivity index is 1.73. The van der Waals surface area contributed by atoms with Crippen LogP contribution in [0.4, 0.5) is 0 Å². The SMILES string of the molecule is Cc1ncc(CNC(C)c2nc(C(C)(C)C)no2)n1-c1ccccc1. The zero-order valence-corrected chi connectivity index (χ0v) is 15.4. The minimum atomic E-state index is -0.121. The van der Waals surface area contributed by atoms with Gasteiger partial charge in [0.15, 0.2) is 5.82 Å². The van der Waals surface area contributed by atoms with Crippen LogP contribution in [0, 0.1) is 6.92 Å². The fraction of sp³-hybridized carbons (Fsp3) is 0.421. The molecular weight excluding hydrogens is 314 g/mol. The maximum atomic E-state index is 5.42. The van der Waals surface area contributed by atoms with Gasteiger partial charge in [-0.05, 0) is 26.0 Å². The van der Waals surface area contributed by atoms with Crippen molar-refractivity contribution in [3.8, 4) is 5.69 Å². The van der Waals surface area contributed by atoms with Gasteiger partial charge < -0.3 is 9.84 Å². The summed E-state index contributed by atoms with van der Waals surface area (Å²) in [7, 11) is 0. The molecule has 2 heterocycles. The number of rotatable bonds is 5. The molecule has 0 aliphatic rings. The van der Waals surface area contributed by atoms with Gasteiger partial charge in [0.25, 0.3) is 0 Å². The fourth-order valence-corrected chi connectivity index (χ4v) is 2.61. The van der Waals surface area contributed by atoms with Crippen molar-refractivity contribution in [3.63, 3.8) is 0 Å². The monoisotopic (exact) mass is 339 g/mol. The fourth-order valence-electron chi connectivity index (χ4n) is 2.61. The quantitative estimate of drug-likeness (QED) is 0.767. The van der Waals surface area contributed by atoms with E-state index < -0.39 is 0 Å². The van der Waals surface area contributed by atoms with Crippen LogP contribution in [-0.2, 0) is 12.0 Å². The molecule has 0 fully saturated rings. The lowest BCUT2D eigenvalue weighted by molar-refractivity contribution is 0.330. The molecule has 2 aromatic heterocycles. The van der Waals surface area contributed by atoms with Crippen molar-refractivity contribution in [2.45, 2.75) is 52.6 Å². The van der Waals surface area contributed by atoms with Gasteiger partial charge in [-0.1, -0.05) is 44.1 Å². The Morgan fingerprint density at radius 3 is 2.56 bits per heavy atom. The maximum Gasteiger partial charge on any atom is 0.243 e. The van der Waals surface area contributed by atoms with Crippen LogP contribution < -0.4 is 5.32 Å². The lowest BCUT2D eigenvalue weighted by Gasteiger charge is -2.13. The van der Waals surface area contributed by atoms with Crippen molar-refractivity contribution in [1.82, 2.24) is 25.0 Å². The van der Waals surface area contributed by atoms with Crippen molar-refractivity contribution >= 4 is 0 Å². The Hall–Kier alpha value is -2.47. The van der Waals surface area contributed by atoms with Gasteiger partial charge in [0.2, 0.25) is 5.89 Å². The summed E-state index contributed by atoms with van der Waals surface area (Å²) in [4.78, 5) is 8.97. The van der Waals surface area contributed by atoms with Gasteiger partial charge in [0, 0.05) is 17.6 Å². The van der Waals surface area contributed by atoms with Crippen molar-refractivity contribution in [2.75, 3.05) is 0 Å². The molecule has 0 bridgehead atoms. The van der Waals surface area contributed by atoms with Crippen LogP contribution in [-0.4, -0.2) is 19.7 Å². The van der Waals surface area contributed by atoms with Crippen molar-refractivity contribution in [3.05, 3.63) is 59.8 Å². The van der Waals surface area contributed by atoms with Gasteiger partial charge in [0.05, 0.1) is 17.9 Å². The first-order chi connectivity index (χ1) is 11.9. The number of aryl methyl sites for hydroxylation is 1. The van der Waals surface area contributed by atoms with Gasteiger partial charge in [-0.15, -0.1) is 0 Å². The predicted octanol–water partition coefficient (Wildman–Crippen LogP) is 3.71. The smallest absolute Gasteiger partial charge is 0.243 e. The first-order valence-electron chi connectivity index (χ1n) is 8.52. The van der Waals surface area contributed by atoms with E-state index in [4.69, 9.17) is 4.52 Å². The Kier molecular flexibility index (Phi) is 4.72. The minimum absolute atomic E-state index is 0.0389. The normalized spacial score (nSPS) is 13.2. The van der Waals surface area contributed by atoms with Crippen LogP contribution in [0.2, 0.25) is 0 Å². The lowest BCUT2D eigenvalue weighted by atomic mass is 9.96. The van der Waals surface area contributed by atoms with Crippen LogP contribution in [0.3, 0.4) is 0 Å². The molecule has 6 heteroatoms. The van der Waals surface area contributed by atoms with Crippen molar-refractivity contribution in [2.24, 2.45) is 0 Å². The third-order valence-corrected chi connectivity index (χ3v) is 4.10. The number of benzene rings is 1. The molecule has 132 valence electrons. The highest BCUT2D eigenvalue weighted by Gasteiger charge is 2.23. The summed E-state index contributed by atoms with van der Waals surface area (Å²) in [5.41, 5.74) is 2.07. The zero-order valence-electron chi connectivity index (χ0n) is 15.4. The first-order valence-corrected chi connectivity index (χ1v) is 8.52. The van der Waals surface area contributed by atoms with Gasteiger partial charge >= 0.3 is 0 Å². The van der Waals surface area contributed by atoms with E-state index in [1.165, 1.54) is 0 Å². The number of nitrogens with one attached hydrogen (secondary N) is 1. The van der Waals surface area contributed by atoms with E-state index in [0.717, 1.165) is 23.0 Å². The Morgan fingerprint density at radius 1 is 1.20 bits per heavy atom. The number of para-hydroxylation sites is 1. The van der Waals surface area contributed by atoms with Crippen LogP contribution in [0.5, 0.6) is 0 Å². The predicted molar refractivity (Wildman–Crippen MR) is 96.6 cm³/mol. The van der Waals surface area contributed by atoms with E-state index >= 15 is 0 Å². The summed E-state index contributed by atoms with van der Waals surface area (Å²) in [5.74, 6) is 2.29. The topological polar surface area (TPSA) is 68.8 Å². The summed E-state index contributed by atoms with van der Waals surface area (Å²) in [6.07, 6.45) is 1.90. The number of imidazole rings is 1. The Labute approximate surface area is 148 Å². The highest BCUT2D eigenvalue weighted by Crippen LogP contribution is 2.21. The highest BCUT2D eigenvalue weighted by molar-refractivity contribution is 5.35. The minimum Gasteiger partial charge on any atom is -0.338 e. The third kappa shape index (κ3) is 3.79. The average Bonchev–Trinajstić information content (AvgIpc) is 3.20. The van der Waals surface area contributed by atoms with Crippen LogP contribution in [0.15, 0.2) is 41.1 Å². The van der Waals surface area contributed by atoms with Gasteiger partial charge in [-0.3, -0.25) is 4.57 Å².